The lowest BCUT2D eigenvalue weighted by Gasteiger charge is -2.30. The van der Waals surface area contributed by atoms with Gasteiger partial charge in [-0.05, 0) is 49.4 Å². The number of aryl methyl sites for hydroxylation is 2. The van der Waals surface area contributed by atoms with Crippen LogP contribution in [0.5, 0.6) is 0 Å². The average molecular weight is 399 g/mol. The fourth-order valence-corrected chi connectivity index (χ4v) is 6.10. The Morgan fingerprint density at radius 1 is 1.00 bits per heavy atom. The molecule has 0 bridgehead atoms. The fraction of sp³-hybridized carbons (Fsp3) is 0.435. The predicted octanol–water partition coefficient (Wildman–Crippen LogP) is 5.70. The highest BCUT2D eigenvalue weighted by molar-refractivity contribution is 7.57. The first-order chi connectivity index (χ1) is 13.4. The standard InChI is InChI=1S/C23H30NO3P/c1-4-14-24-22-12-10-20(15-21(22)11-13-23(24)25)17-28(26,27-5-2)16-19-8-6-18(3)7-9-19/h6-10,12,15H,4-5,11,13-14,16-17H2,1-3H3. The van der Waals surface area contributed by atoms with Gasteiger partial charge >= 0.3 is 0 Å². The van der Waals surface area contributed by atoms with Crippen molar-refractivity contribution in [1.29, 1.82) is 0 Å². The van der Waals surface area contributed by atoms with Gasteiger partial charge in [-0.25, -0.2) is 0 Å². The van der Waals surface area contributed by atoms with E-state index in [0.717, 1.165) is 36.2 Å². The first kappa shape index (κ1) is 20.8. The van der Waals surface area contributed by atoms with Gasteiger partial charge in [-0.2, -0.15) is 0 Å². The third kappa shape index (κ3) is 4.92. The van der Waals surface area contributed by atoms with E-state index in [9.17, 15) is 9.36 Å². The van der Waals surface area contributed by atoms with Gasteiger partial charge in [-0.3, -0.25) is 9.36 Å². The van der Waals surface area contributed by atoms with E-state index in [1.165, 1.54) is 11.1 Å². The Bertz CT molecular complexity index is 876. The van der Waals surface area contributed by atoms with Crippen molar-refractivity contribution in [2.24, 2.45) is 0 Å². The van der Waals surface area contributed by atoms with E-state index in [0.29, 0.717) is 25.4 Å². The number of nitrogens with zero attached hydrogens (tertiary/aromatic N) is 1. The summed E-state index contributed by atoms with van der Waals surface area (Å²) in [6.07, 6.45) is 3.09. The topological polar surface area (TPSA) is 46.6 Å². The van der Waals surface area contributed by atoms with E-state index in [-0.39, 0.29) is 5.91 Å². The second-order valence-corrected chi connectivity index (χ2v) is 10.1. The third-order valence-corrected chi connectivity index (χ3v) is 7.55. The molecule has 1 aliphatic rings. The van der Waals surface area contributed by atoms with E-state index in [1.54, 1.807) is 0 Å². The largest absolute Gasteiger partial charge is 0.328 e. The summed E-state index contributed by atoms with van der Waals surface area (Å²) < 4.78 is 19.3. The zero-order valence-electron chi connectivity index (χ0n) is 17.1. The van der Waals surface area contributed by atoms with E-state index >= 15 is 0 Å². The van der Waals surface area contributed by atoms with Crippen LogP contribution < -0.4 is 4.90 Å². The maximum atomic E-state index is 13.5. The molecule has 4 nitrogen and oxygen atoms in total. The Kier molecular flexibility index (Phi) is 6.74. The van der Waals surface area contributed by atoms with Crippen molar-refractivity contribution in [3.8, 4) is 0 Å². The molecule has 0 aliphatic carbocycles. The third-order valence-electron chi connectivity index (χ3n) is 5.12. The summed E-state index contributed by atoms with van der Waals surface area (Å²) in [6.45, 7) is 7.21. The molecule has 2 aromatic rings. The average Bonchev–Trinajstić information content (AvgIpc) is 2.66. The second kappa shape index (κ2) is 9.07. The molecule has 1 amide bonds. The van der Waals surface area contributed by atoms with Gasteiger partial charge in [0, 0.05) is 18.7 Å². The van der Waals surface area contributed by atoms with Crippen molar-refractivity contribution in [2.75, 3.05) is 18.1 Å². The summed E-state index contributed by atoms with van der Waals surface area (Å²) >= 11 is 0. The quantitative estimate of drug-likeness (QED) is 0.535. The molecule has 0 radical (unpaired) electrons. The molecule has 5 heteroatoms. The number of amides is 1. The van der Waals surface area contributed by atoms with Crippen molar-refractivity contribution >= 4 is 19.0 Å². The van der Waals surface area contributed by atoms with Crippen molar-refractivity contribution in [2.45, 2.75) is 52.4 Å². The lowest BCUT2D eigenvalue weighted by atomic mass is 9.99. The Balaban J connectivity index is 1.82. The molecule has 1 atom stereocenters. The number of rotatable bonds is 8. The number of carbonyl (C=O) groups excluding carboxylic acids is 1. The Labute approximate surface area is 168 Å². The zero-order valence-corrected chi connectivity index (χ0v) is 18.0. The second-order valence-electron chi connectivity index (χ2n) is 7.54. The van der Waals surface area contributed by atoms with Gasteiger partial charge in [0.15, 0.2) is 0 Å². The van der Waals surface area contributed by atoms with Crippen LogP contribution in [0.25, 0.3) is 0 Å². The summed E-state index contributed by atoms with van der Waals surface area (Å²) in [6, 6.07) is 14.3. The summed E-state index contributed by atoms with van der Waals surface area (Å²) in [4.78, 5) is 14.1. The van der Waals surface area contributed by atoms with Crippen LogP contribution in [0.15, 0.2) is 42.5 Å². The van der Waals surface area contributed by atoms with Gasteiger partial charge in [0.1, 0.15) is 0 Å². The maximum absolute atomic E-state index is 13.5. The van der Waals surface area contributed by atoms with Crippen molar-refractivity contribution in [3.63, 3.8) is 0 Å². The summed E-state index contributed by atoms with van der Waals surface area (Å²) in [5.74, 6) is 0.196. The fourth-order valence-electron chi connectivity index (χ4n) is 3.81. The van der Waals surface area contributed by atoms with Crippen LogP contribution in [0.4, 0.5) is 5.69 Å². The number of fused-ring (bicyclic) bond motifs is 1. The minimum atomic E-state index is -2.83. The van der Waals surface area contributed by atoms with E-state index in [4.69, 9.17) is 4.52 Å². The smallest absolute Gasteiger partial charge is 0.227 e. The number of carbonyl (C=O) groups is 1. The summed E-state index contributed by atoms with van der Waals surface area (Å²) in [5.41, 5.74) is 5.43. The number of hydrogen-bond acceptors (Lipinski definition) is 3. The minimum absolute atomic E-state index is 0.196. The predicted molar refractivity (Wildman–Crippen MR) is 115 cm³/mol. The van der Waals surface area contributed by atoms with Gasteiger partial charge in [0.25, 0.3) is 0 Å². The van der Waals surface area contributed by atoms with E-state index < -0.39 is 7.37 Å². The summed E-state index contributed by atoms with van der Waals surface area (Å²) in [7, 11) is -2.83. The molecule has 2 aromatic carbocycles. The van der Waals surface area contributed by atoms with Crippen molar-refractivity contribution < 1.29 is 13.9 Å². The molecule has 1 unspecified atom stereocenters. The molecule has 0 aromatic heterocycles. The van der Waals surface area contributed by atoms with Crippen LogP contribution in [0.2, 0.25) is 0 Å². The van der Waals surface area contributed by atoms with Gasteiger partial charge in [0.05, 0.1) is 18.9 Å². The van der Waals surface area contributed by atoms with Crippen molar-refractivity contribution in [3.05, 3.63) is 64.7 Å². The van der Waals surface area contributed by atoms with Crippen LogP contribution >= 0.6 is 7.37 Å². The molecule has 0 spiro atoms. The maximum Gasteiger partial charge on any atom is 0.227 e. The molecule has 0 saturated carbocycles. The first-order valence-electron chi connectivity index (χ1n) is 10.1. The zero-order chi connectivity index (χ0) is 20.1. The van der Waals surface area contributed by atoms with E-state index in [2.05, 4.69) is 13.0 Å². The molecule has 1 heterocycles. The highest BCUT2D eigenvalue weighted by Crippen LogP contribution is 2.53. The number of anilines is 1. The van der Waals surface area contributed by atoms with Crippen molar-refractivity contribution in [1.82, 2.24) is 0 Å². The van der Waals surface area contributed by atoms with Crippen LogP contribution in [-0.2, 0) is 32.6 Å². The highest BCUT2D eigenvalue weighted by Gasteiger charge is 2.27. The van der Waals surface area contributed by atoms with Crippen LogP contribution in [-0.4, -0.2) is 19.1 Å². The highest BCUT2D eigenvalue weighted by atomic mass is 31.2. The lowest BCUT2D eigenvalue weighted by Crippen LogP contribution is -2.35. The Hall–Kier alpha value is -1.90. The molecule has 28 heavy (non-hydrogen) atoms. The van der Waals surface area contributed by atoms with Gasteiger partial charge in [-0.15, -0.1) is 0 Å². The molecular weight excluding hydrogens is 369 g/mol. The monoisotopic (exact) mass is 399 g/mol. The van der Waals surface area contributed by atoms with Gasteiger partial charge in [0.2, 0.25) is 13.3 Å². The minimum Gasteiger partial charge on any atom is -0.328 e. The molecule has 1 aliphatic heterocycles. The molecule has 0 fully saturated rings. The number of benzene rings is 2. The molecule has 3 rings (SSSR count). The normalized spacial score (nSPS) is 16.0. The van der Waals surface area contributed by atoms with Crippen LogP contribution in [0.3, 0.4) is 0 Å². The van der Waals surface area contributed by atoms with E-state index in [1.807, 2.05) is 55.1 Å². The molecular formula is C23H30NO3P. The Morgan fingerprint density at radius 3 is 2.36 bits per heavy atom. The lowest BCUT2D eigenvalue weighted by molar-refractivity contribution is -0.118. The molecule has 150 valence electrons. The van der Waals surface area contributed by atoms with Gasteiger partial charge < -0.3 is 9.42 Å². The van der Waals surface area contributed by atoms with Gasteiger partial charge in [-0.1, -0.05) is 48.9 Å². The van der Waals surface area contributed by atoms with Crippen LogP contribution in [0.1, 0.15) is 48.9 Å². The molecule has 0 saturated heterocycles. The first-order valence-corrected chi connectivity index (χ1v) is 12.1. The number of hydrogen-bond donors (Lipinski definition) is 0. The summed E-state index contributed by atoms with van der Waals surface area (Å²) in [5, 5.41) is 0. The van der Waals surface area contributed by atoms with Crippen LogP contribution in [0, 0.1) is 6.92 Å². The SMILES string of the molecule is CCCN1C(=O)CCc2cc(CP(=O)(Cc3ccc(C)cc3)OCC)ccc21. The molecule has 0 N–H and O–H groups in total. The Morgan fingerprint density at radius 2 is 1.68 bits per heavy atom.